The topological polar surface area (TPSA) is 62.7 Å². The van der Waals surface area contributed by atoms with Crippen LogP contribution in [0.2, 0.25) is 0 Å². The number of likely N-dealkylation sites (tertiary alicyclic amines) is 1. The number of nitrogens with zero attached hydrogens (tertiary/aromatic N) is 2. The van der Waals surface area contributed by atoms with Crippen molar-refractivity contribution in [3.63, 3.8) is 0 Å². The van der Waals surface area contributed by atoms with Gasteiger partial charge in [0.05, 0.1) is 5.41 Å². The third-order valence-electron chi connectivity index (χ3n) is 4.42. The minimum Gasteiger partial charge on any atom is -0.481 e. The minimum absolute atomic E-state index is 0.354. The van der Waals surface area contributed by atoms with Crippen molar-refractivity contribution >= 4 is 5.97 Å². The zero-order valence-corrected chi connectivity index (χ0v) is 13.5. The summed E-state index contributed by atoms with van der Waals surface area (Å²) in [5.74, 6) is -0.852. The van der Waals surface area contributed by atoms with Crippen LogP contribution < -0.4 is 0 Å². The largest absolute Gasteiger partial charge is 0.481 e. The number of rotatable bonds is 6. The fourth-order valence-corrected chi connectivity index (χ4v) is 3.09. The molecule has 1 unspecified atom stereocenters. The molecule has 1 aromatic rings. The highest BCUT2D eigenvalue weighted by atomic mass is 19.4. The van der Waals surface area contributed by atoms with Gasteiger partial charge in [0.2, 0.25) is 0 Å². The lowest BCUT2D eigenvalue weighted by molar-refractivity contribution is -0.154. The van der Waals surface area contributed by atoms with Gasteiger partial charge in [0, 0.05) is 33.0 Å². The molecule has 8 heteroatoms. The van der Waals surface area contributed by atoms with Gasteiger partial charge < -0.3 is 9.84 Å². The molecule has 1 aliphatic heterocycles. The lowest BCUT2D eigenvalue weighted by Gasteiger charge is -2.40. The standard InChI is InChI=1S/C16H21F3N2O3/c1-24-8-6-15(14(22)23)5-2-7-21(11-15)10-12-3-4-13(20-9-12)16(17,18)19/h3-4,9H,2,5-8,10-11H2,1H3,(H,22,23). The Balaban J connectivity index is 2.05. The molecule has 0 aliphatic carbocycles. The van der Waals surface area contributed by atoms with Gasteiger partial charge in [0.25, 0.3) is 0 Å². The molecule has 24 heavy (non-hydrogen) atoms. The van der Waals surface area contributed by atoms with E-state index in [4.69, 9.17) is 4.74 Å². The number of ether oxygens (including phenoxy) is 1. The highest BCUT2D eigenvalue weighted by molar-refractivity contribution is 5.75. The predicted molar refractivity (Wildman–Crippen MR) is 80.3 cm³/mol. The second kappa shape index (κ2) is 7.48. The van der Waals surface area contributed by atoms with Crippen LogP contribution in [0.5, 0.6) is 0 Å². The molecule has 0 radical (unpaired) electrons. The molecule has 1 fully saturated rings. The van der Waals surface area contributed by atoms with Crippen molar-refractivity contribution in [1.29, 1.82) is 0 Å². The van der Waals surface area contributed by atoms with E-state index >= 15 is 0 Å². The summed E-state index contributed by atoms with van der Waals surface area (Å²) < 4.78 is 42.6. The van der Waals surface area contributed by atoms with Crippen molar-refractivity contribution in [3.8, 4) is 0 Å². The lowest BCUT2D eigenvalue weighted by Crippen LogP contribution is -2.48. The smallest absolute Gasteiger partial charge is 0.433 e. The number of hydrogen-bond donors (Lipinski definition) is 1. The van der Waals surface area contributed by atoms with Crippen molar-refractivity contribution in [1.82, 2.24) is 9.88 Å². The van der Waals surface area contributed by atoms with E-state index in [1.807, 2.05) is 4.90 Å². The number of halogens is 3. The maximum absolute atomic E-state index is 12.5. The van der Waals surface area contributed by atoms with Gasteiger partial charge in [-0.05, 0) is 37.4 Å². The van der Waals surface area contributed by atoms with Gasteiger partial charge in [0.15, 0.2) is 0 Å². The maximum atomic E-state index is 12.5. The molecule has 0 amide bonds. The van der Waals surface area contributed by atoms with Gasteiger partial charge in [-0.25, -0.2) is 0 Å². The fraction of sp³-hybridized carbons (Fsp3) is 0.625. The number of aliphatic carboxylic acids is 1. The monoisotopic (exact) mass is 346 g/mol. The summed E-state index contributed by atoms with van der Waals surface area (Å²) in [6.45, 7) is 1.81. The van der Waals surface area contributed by atoms with Crippen LogP contribution >= 0.6 is 0 Å². The first-order valence-corrected chi connectivity index (χ1v) is 7.74. The molecule has 2 rings (SSSR count). The highest BCUT2D eigenvalue weighted by Gasteiger charge is 2.42. The Bertz CT molecular complexity index is 563. The number of carboxylic acids is 1. The van der Waals surface area contributed by atoms with E-state index in [2.05, 4.69) is 4.98 Å². The van der Waals surface area contributed by atoms with E-state index in [0.717, 1.165) is 12.5 Å². The van der Waals surface area contributed by atoms with Gasteiger partial charge in [-0.15, -0.1) is 0 Å². The molecule has 1 aliphatic rings. The summed E-state index contributed by atoms with van der Waals surface area (Å²) in [5.41, 5.74) is -1.16. The van der Waals surface area contributed by atoms with Crippen LogP contribution in [0.25, 0.3) is 0 Å². The Kier molecular flexibility index (Phi) is 5.82. The van der Waals surface area contributed by atoms with E-state index in [1.54, 1.807) is 0 Å². The number of aromatic nitrogens is 1. The van der Waals surface area contributed by atoms with Crippen molar-refractivity contribution in [2.45, 2.75) is 32.0 Å². The first-order chi connectivity index (χ1) is 11.3. The molecule has 1 aromatic heterocycles. The quantitative estimate of drug-likeness (QED) is 0.858. The van der Waals surface area contributed by atoms with Crippen molar-refractivity contribution in [2.75, 3.05) is 26.8 Å². The number of carboxylic acid groups (broad SMARTS) is 1. The van der Waals surface area contributed by atoms with Gasteiger partial charge in [0.1, 0.15) is 5.69 Å². The fourth-order valence-electron chi connectivity index (χ4n) is 3.09. The van der Waals surface area contributed by atoms with Crippen LogP contribution in [0.15, 0.2) is 18.3 Å². The lowest BCUT2D eigenvalue weighted by atomic mass is 9.77. The number of piperidine rings is 1. The Morgan fingerprint density at radius 2 is 2.21 bits per heavy atom. The van der Waals surface area contributed by atoms with Gasteiger partial charge in [-0.3, -0.25) is 14.7 Å². The molecular formula is C16H21F3N2O3. The van der Waals surface area contributed by atoms with E-state index in [-0.39, 0.29) is 0 Å². The normalized spacial score (nSPS) is 22.5. The molecule has 1 N–H and O–H groups in total. The van der Waals surface area contributed by atoms with Crippen LogP contribution in [-0.4, -0.2) is 47.8 Å². The van der Waals surface area contributed by atoms with Crippen LogP contribution in [0, 0.1) is 5.41 Å². The average Bonchev–Trinajstić information content (AvgIpc) is 2.53. The summed E-state index contributed by atoms with van der Waals surface area (Å²) >= 11 is 0. The summed E-state index contributed by atoms with van der Waals surface area (Å²) in [6, 6.07) is 2.34. The molecular weight excluding hydrogens is 325 g/mol. The summed E-state index contributed by atoms with van der Waals surface area (Å²) in [6.07, 6.45) is -1.53. The molecule has 0 aromatic carbocycles. The first kappa shape index (κ1) is 18.7. The molecule has 2 heterocycles. The number of methoxy groups -OCH3 is 1. The third kappa shape index (κ3) is 4.45. The van der Waals surface area contributed by atoms with Gasteiger partial charge >= 0.3 is 12.1 Å². The number of pyridine rings is 1. The van der Waals surface area contributed by atoms with Crippen LogP contribution in [0.1, 0.15) is 30.5 Å². The molecule has 0 bridgehead atoms. The molecule has 0 saturated carbocycles. The average molecular weight is 346 g/mol. The van der Waals surface area contributed by atoms with Crippen molar-refractivity contribution < 1.29 is 27.8 Å². The predicted octanol–water partition coefficient (Wildman–Crippen LogP) is 2.80. The SMILES string of the molecule is COCCC1(C(=O)O)CCCN(Cc2ccc(C(F)(F)F)nc2)C1. The Morgan fingerprint density at radius 1 is 1.46 bits per heavy atom. The molecule has 134 valence electrons. The first-order valence-electron chi connectivity index (χ1n) is 7.74. The highest BCUT2D eigenvalue weighted by Crippen LogP contribution is 2.34. The van der Waals surface area contributed by atoms with E-state index < -0.39 is 23.3 Å². The van der Waals surface area contributed by atoms with Gasteiger partial charge in [-0.1, -0.05) is 6.07 Å². The molecule has 5 nitrogen and oxygen atoms in total. The van der Waals surface area contributed by atoms with Crippen LogP contribution in [-0.2, 0) is 22.3 Å². The minimum atomic E-state index is -4.46. The second-order valence-electron chi connectivity index (χ2n) is 6.19. The Morgan fingerprint density at radius 3 is 2.75 bits per heavy atom. The third-order valence-corrected chi connectivity index (χ3v) is 4.42. The maximum Gasteiger partial charge on any atom is 0.433 e. The summed E-state index contributed by atoms with van der Waals surface area (Å²) in [5, 5.41) is 9.61. The number of alkyl halides is 3. The second-order valence-corrected chi connectivity index (χ2v) is 6.19. The Labute approximate surface area is 138 Å². The zero-order chi connectivity index (χ0) is 17.8. The summed E-state index contributed by atoms with van der Waals surface area (Å²) in [7, 11) is 1.53. The van der Waals surface area contributed by atoms with Crippen molar-refractivity contribution in [2.24, 2.45) is 5.41 Å². The summed E-state index contributed by atoms with van der Waals surface area (Å²) in [4.78, 5) is 17.1. The Hall–Kier alpha value is -1.67. The van der Waals surface area contributed by atoms with E-state index in [1.165, 1.54) is 19.4 Å². The van der Waals surface area contributed by atoms with Crippen molar-refractivity contribution in [3.05, 3.63) is 29.6 Å². The zero-order valence-electron chi connectivity index (χ0n) is 13.5. The van der Waals surface area contributed by atoms with Crippen LogP contribution in [0.4, 0.5) is 13.2 Å². The van der Waals surface area contributed by atoms with Crippen LogP contribution in [0.3, 0.4) is 0 Å². The number of carbonyl (C=O) groups is 1. The van der Waals surface area contributed by atoms with E-state index in [0.29, 0.717) is 44.6 Å². The van der Waals surface area contributed by atoms with E-state index in [9.17, 15) is 23.1 Å². The molecule has 0 spiro atoms. The number of hydrogen-bond acceptors (Lipinski definition) is 4. The molecule has 1 atom stereocenters. The van der Waals surface area contributed by atoms with Gasteiger partial charge in [-0.2, -0.15) is 13.2 Å². The molecule has 1 saturated heterocycles.